The van der Waals surface area contributed by atoms with Gasteiger partial charge in [-0.1, -0.05) is 43.6 Å². The van der Waals surface area contributed by atoms with E-state index in [4.69, 9.17) is 22.1 Å². The molecule has 0 aliphatic rings. The molecule has 0 radical (unpaired) electrons. The van der Waals surface area contributed by atoms with Gasteiger partial charge in [0.1, 0.15) is 5.75 Å². The first-order valence-electron chi connectivity index (χ1n) is 6.31. The number of hydrogen-bond acceptors (Lipinski definition) is 2. The van der Waals surface area contributed by atoms with Gasteiger partial charge in [0.05, 0.1) is 10.7 Å². The van der Waals surface area contributed by atoms with Crippen LogP contribution in [0.1, 0.15) is 30.9 Å². The van der Waals surface area contributed by atoms with Gasteiger partial charge in [-0.15, -0.1) is 0 Å². The minimum atomic E-state index is 0.385. The molecule has 2 aromatic carbocycles. The lowest BCUT2D eigenvalue weighted by Gasteiger charge is -2.16. The van der Waals surface area contributed by atoms with Crippen molar-refractivity contribution >= 4 is 17.3 Å². The Morgan fingerprint density at radius 2 is 1.84 bits per heavy atom. The molecule has 2 nitrogen and oxygen atoms in total. The second-order valence-corrected chi connectivity index (χ2v) is 5.36. The van der Waals surface area contributed by atoms with Crippen LogP contribution in [-0.2, 0) is 0 Å². The average Bonchev–Trinajstić information content (AvgIpc) is 2.35. The summed E-state index contributed by atoms with van der Waals surface area (Å²) in [5, 5.41) is 0.510. The Labute approximate surface area is 119 Å². The Morgan fingerprint density at radius 1 is 1.11 bits per heavy atom. The Kier molecular flexibility index (Phi) is 4.01. The number of halogens is 1. The van der Waals surface area contributed by atoms with E-state index in [0.717, 1.165) is 16.9 Å². The maximum atomic E-state index is 6.01. The maximum Gasteiger partial charge on any atom is 0.151 e. The van der Waals surface area contributed by atoms with Crippen LogP contribution in [0.4, 0.5) is 5.69 Å². The highest BCUT2D eigenvalue weighted by Gasteiger charge is 2.11. The third kappa shape index (κ3) is 3.02. The van der Waals surface area contributed by atoms with Crippen molar-refractivity contribution in [1.29, 1.82) is 0 Å². The summed E-state index contributed by atoms with van der Waals surface area (Å²) < 4.78 is 5.95. The van der Waals surface area contributed by atoms with Crippen molar-refractivity contribution in [3.63, 3.8) is 0 Å². The van der Waals surface area contributed by atoms with E-state index >= 15 is 0 Å². The molecular weight excluding hydrogens is 258 g/mol. The van der Waals surface area contributed by atoms with Gasteiger partial charge >= 0.3 is 0 Å². The molecule has 0 saturated carbocycles. The highest BCUT2D eigenvalue weighted by atomic mass is 35.5. The summed E-state index contributed by atoms with van der Waals surface area (Å²) in [6, 6.07) is 11.6. The highest BCUT2D eigenvalue weighted by Crippen LogP contribution is 2.36. The van der Waals surface area contributed by atoms with Gasteiger partial charge in [-0.3, -0.25) is 0 Å². The van der Waals surface area contributed by atoms with Gasteiger partial charge in [-0.25, -0.2) is 0 Å². The maximum absolute atomic E-state index is 6.01. The number of anilines is 1. The molecule has 0 spiro atoms. The topological polar surface area (TPSA) is 35.2 Å². The van der Waals surface area contributed by atoms with Crippen LogP contribution in [0.25, 0.3) is 0 Å². The van der Waals surface area contributed by atoms with Crippen LogP contribution in [-0.4, -0.2) is 0 Å². The summed E-state index contributed by atoms with van der Waals surface area (Å²) in [6.07, 6.45) is 0. The smallest absolute Gasteiger partial charge is 0.151 e. The van der Waals surface area contributed by atoms with Gasteiger partial charge in [-0.2, -0.15) is 0 Å². The Morgan fingerprint density at radius 3 is 2.53 bits per heavy atom. The van der Waals surface area contributed by atoms with Crippen LogP contribution < -0.4 is 10.5 Å². The summed E-state index contributed by atoms with van der Waals surface area (Å²) in [7, 11) is 0. The van der Waals surface area contributed by atoms with Crippen molar-refractivity contribution in [3.05, 3.63) is 52.5 Å². The van der Waals surface area contributed by atoms with E-state index in [1.807, 2.05) is 25.1 Å². The number of hydrogen-bond donors (Lipinski definition) is 1. The Bertz CT molecular complexity index is 593. The van der Waals surface area contributed by atoms with E-state index in [2.05, 4.69) is 26.0 Å². The zero-order valence-corrected chi connectivity index (χ0v) is 12.2. The van der Waals surface area contributed by atoms with Gasteiger partial charge in [-0.05, 0) is 42.2 Å². The first-order valence-corrected chi connectivity index (χ1v) is 6.69. The fraction of sp³-hybridized carbons (Fsp3) is 0.250. The molecule has 0 saturated heterocycles. The summed E-state index contributed by atoms with van der Waals surface area (Å²) >= 11 is 6.01. The predicted octanol–water partition coefficient (Wildman–Crippen LogP) is 5.15. The molecule has 100 valence electrons. The monoisotopic (exact) mass is 275 g/mol. The first-order chi connectivity index (χ1) is 8.99. The Hall–Kier alpha value is -1.67. The second-order valence-electron chi connectivity index (χ2n) is 4.95. The summed E-state index contributed by atoms with van der Waals surface area (Å²) in [4.78, 5) is 0. The summed E-state index contributed by atoms with van der Waals surface area (Å²) in [5.41, 5.74) is 8.72. The molecule has 0 aliphatic carbocycles. The van der Waals surface area contributed by atoms with Crippen LogP contribution in [0.15, 0.2) is 36.4 Å². The van der Waals surface area contributed by atoms with Gasteiger partial charge < -0.3 is 10.5 Å². The van der Waals surface area contributed by atoms with Gasteiger partial charge in [0.25, 0.3) is 0 Å². The van der Waals surface area contributed by atoms with E-state index in [1.54, 1.807) is 6.07 Å². The van der Waals surface area contributed by atoms with Crippen molar-refractivity contribution in [2.45, 2.75) is 26.7 Å². The van der Waals surface area contributed by atoms with Crippen molar-refractivity contribution in [2.75, 3.05) is 5.73 Å². The molecule has 19 heavy (non-hydrogen) atoms. The van der Waals surface area contributed by atoms with E-state index in [9.17, 15) is 0 Å². The molecule has 0 unspecified atom stereocenters. The predicted molar refractivity (Wildman–Crippen MR) is 81.2 cm³/mol. The summed E-state index contributed by atoms with van der Waals surface area (Å²) in [5.74, 6) is 1.82. The van der Waals surface area contributed by atoms with Crippen LogP contribution in [0.3, 0.4) is 0 Å². The molecule has 0 heterocycles. The summed E-state index contributed by atoms with van der Waals surface area (Å²) in [6.45, 7) is 6.32. The van der Waals surface area contributed by atoms with Gasteiger partial charge in [0, 0.05) is 0 Å². The molecule has 0 fully saturated rings. The zero-order chi connectivity index (χ0) is 14.0. The fourth-order valence-electron chi connectivity index (χ4n) is 1.93. The number of para-hydroxylation sites is 1. The van der Waals surface area contributed by atoms with Crippen LogP contribution in [0.2, 0.25) is 5.02 Å². The average molecular weight is 276 g/mol. The minimum absolute atomic E-state index is 0.385. The largest absolute Gasteiger partial charge is 0.455 e. The third-order valence-electron chi connectivity index (χ3n) is 3.02. The van der Waals surface area contributed by atoms with E-state index in [1.165, 1.54) is 0 Å². The lowest BCUT2D eigenvalue weighted by Crippen LogP contribution is -1.97. The quantitative estimate of drug-likeness (QED) is 0.787. The number of aryl methyl sites for hydroxylation is 1. The van der Waals surface area contributed by atoms with E-state index in [0.29, 0.717) is 22.4 Å². The molecule has 2 N–H and O–H groups in total. The standard InChI is InChI=1S/C16H18ClNO/c1-10(2)12-8-7-11(3)9-15(12)19-14-6-4-5-13(17)16(14)18/h4-10H,18H2,1-3H3. The fourth-order valence-corrected chi connectivity index (χ4v) is 2.10. The van der Waals surface area contributed by atoms with Crippen molar-refractivity contribution in [3.8, 4) is 11.5 Å². The lowest BCUT2D eigenvalue weighted by atomic mass is 10.0. The first kappa shape index (κ1) is 13.8. The van der Waals surface area contributed by atoms with Crippen molar-refractivity contribution in [2.24, 2.45) is 0 Å². The molecule has 0 bridgehead atoms. The Balaban J connectivity index is 2.42. The van der Waals surface area contributed by atoms with Gasteiger partial charge in [0.15, 0.2) is 5.75 Å². The number of nitrogens with two attached hydrogens (primary N) is 1. The van der Waals surface area contributed by atoms with Crippen LogP contribution >= 0.6 is 11.6 Å². The molecule has 2 aromatic rings. The second kappa shape index (κ2) is 5.54. The molecule has 0 aromatic heterocycles. The minimum Gasteiger partial charge on any atom is -0.455 e. The highest BCUT2D eigenvalue weighted by molar-refractivity contribution is 6.33. The molecule has 2 rings (SSSR count). The van der Waals surface area contributed by atoms with E-state index in [-0.39, 0.29) is 0 Å². The lowest BCUT2D eigenvalue weighted by molar-refractivity contribution is 0.475. The van der Waals surface area contributed by atoms with Crippen molar-refractivity contribution < 1.29 is 4.74 Å². The van der Waals surface area contributed by atoms with Crippen molar-refractivity contribution in [1.82, 2.24) is 0 Å². The molecule has 0 amide bonds. The third-order valence-corrected chi connectivity index (χ3v) is 3.35. The number of rotatable bonds is 3. The number of nitrogen functional groups attached to an aromatic ring is 1. The molecule has 3 heteroatoms. The molecule has 0 atom stereocenters. The normalized spacial score (nSPS) is 10.8. The van der Waals surface area contributed by atoms with Crippen LogP contribution in [0.5, 0.6) is 11.5 Å². The number of benzene rings is 2. The number of ether oxygens (including phenoxy) is 1. The van der Waals surface area contributed by atoms with Crippen LogP contribution in [0, 0.1) is 6.92 Å². The molecular formula is C16H18ClNO. The van der Waals surface area contributed by atoms with Gasteiger partial charge in [0.2, 0.25) is 0 Å². The van der Waals surface area contributed by atoms with E-state index < -0.39 is 0 Å². The zero-order valence-electron chi connectivity index (χ0n) is 11.4. The SMILES string of the molecule is Cc1ccc(C(C)C)c(Oc2cccc(Cl)c2N)c1. The molecule has 0 aliphatic heterocycles.